The van der Waals surface area contributed by atoms with E-state index >= 15 is 0 Å². The number of benzene rings is 2. The highest BCUT2D eigenvalue weighted by molar-refractivity contribution is 14.1. The van der Waals surface area contributed by atoms with Gasteiger partial charge >= 0.3 is 12.0 Å². The fraction of sp³-hybridized carbons (Fsp3) is 0.273. The van der Waals surface area contributed by atoms with Crippen LogP contribution in [0.5, 0.6) is 0 Å². The molecule has 0 fully saturated rings. The zero-order valence-corrected chi connectivity index (χ0v) is 18.8. The second-order valence-corrected chi connectivity index (χ2v) is 8.11. The molecule has 152 valence electrons. The smallest absolute Gasteiger partial charge is 0.338 e. The summed E-state index contributed by atoms with van der Waals surface area (Å²) < 4.78 is 6.45. The van der Waals surface area contributed by atoms with Crippen molar-refractivity contribution in [2.24, 2.45) is 0 Å². The average molecular weight is 505 g/mol. The number of ether oxygens (including phenoxy) is 1. The van der Waals surface area contributed by atoms with E-state index in [1.165, 1.54) is 0 Å². The van der Waals surface area contributed by atoms with Crippen LogP contribution in [-0.4, -0.2) is 25.2 Å². The van der Waals surface area contributed by atoms with Gasteiger partial charge in [0.2, 0.25) is 0 Å². The number of carbonyl (C=O) groups excluding carboxylic acids is 2. The highest BCUT2D eigenvalue weighted by atomic mass is 127. The highest BCUT2D eigenvalue weighted by Crippen LogP contribution is 2.30. The van der Waals surface area contributed by atoms with Crippen molar-refractivity contribution in [1.82, 2.24) is 10.6 Å². The van der Waals surface area contributed by atoms with E-state index < -0.39 is 12.0 Å². The fourth-order valence-electron chi connectivity index (χ4n) is 3.27. The van der Waals surface area contributed by atoms with Crippen LogP contribution in [0, 0.1) is 17.4 Å². The summed E-state index contributed by atoms with van der Waals surface area (Å²) in [6.07, 6.45) is 0. The van der Waals surface area contributed by atoms with Crippen LogP contribution in [0.15, 0.2) is 53.7 Å². The summed E-state index contributed by atoms with van der Waals surface area (Å²) in [5.41, 5.74) is 4.76. The van der Waals surface area contributed by atoms with Gasteiger partial charge in [0.25, 0.3) is 0 Å². The molecule has 1 aliphatic heterocycles. The molecule has 6 nitrogen and oxygen atoms in total. The van der Waals surface area contributed by atoms with Gasteiger partial charge in [0.05, 0.1) is 30.5 Å². The summed E-state index contributed by atoms with van der Waals surface area (Å²) >= 11 is 2.24. The highest BCUT2D eigenvalue weighted by Gasteiger charge is 2.34. The number of esters is 1. The van der Waals surface area contributed by atoms with E-state index in [0.29, 0.717) is 17.8 Å². The monoisotopic (exact) mass is 505 g/mol. The SMILES string of the molecule is CCOC(=O)C1=C(CNc2ccc(I)cc2)NC(=O)NC1c1cc(C)ccc1C. The number of urea groups is 1. The molecule has 0 aliphatic carbocycles. The zero-order valence-electron chi connectivity index (χ0n) is 16.6. The Bertz CT molecular complexity index is 954. The quantitative estimate of drug-likeness (QED) is 0.407. The number of rotatable bonds is 6. The molecule has 3 N–H and O–H groups in total. The van der Waals surface area contributed by atoms with Crippen molar-refractivity contribution in [3.05, 3.63) is 74.0 Å². The Morgan fingerprint density at radius 2 is 1.90 bits per heavy atom. The first kappa shape index (κ1) is 21.2. The molecule has 2 amide bonds. The van der Waals surface area contributed by atoms with E-state index in [-0.39, 0.29) is 12.6 Å². The van der Waals surface area contributed by atoms with Gasteiger partial charge in [0, 0.05) is 9.26 Å². The molecule has 0 aromatic heterocycles. The molecular formula is C22H24IN3O3. The first-order valence-corrected chi connectivity index (χ1v) is 10.5. The van der Waals surface area contributed by atoms with E-state index in [1.54, 1.807) is 6.92 Å². The lowest BCUT2D eigenvalue weighted by Crippen LogP contribution is -2.47. The number of carbonyl (C=O) groups is 2. The molecule has 0 bridgehead atoms. The van der Waals surface area contributed by atoms with Gasteiger partial charge in [-0.3, -0.25) is 0 Å². The number of anilines is 1. The lowest BCUT2D eigenvalue weighted by molar-refractivity contribution is -0.139. The van der Waals surface area contributed by atoms with Crippen LogP contribution in [0.2, 0.25) is 0 Å². The lowest BCUT2D eigenvalue weighted by Gasteiger charge is -2.30. The molecule has 1 heterocycles. The normalized spacial score (nSPS) is 16.1. The molecule has 0 spiro atoms. The van der Waals surface area contributed by atoms with Crippen LogP contribution in [-0.2, 0) is 9.53 Å². The van der Waals surface area contributed by atoms with Crippen LogP contribution >= 0.6 is 22.6 Å². The summed E-state index contributed by atoms with van der Waals surface area (Å²) in [6.45, 7) is 6.27. The van der Waals surface area contributed by atoms with Crippen LogP contribution in [0.4, 0.5) is 10.5 Å². The summed E-state index contributed by atoms with van der Waals surface area (Å²) in [6, 6.07) is 13.0. The Balaban J connectivity index is 2.00. The standard InChI is InChI=1S/C22H24IN3O3/c1-4-29-21(27)19-18(12-24-16-9-7-15(23)8-10-16)25-22(28)26-20(19)17-11-13(2)5-6-14(17)3/h5-11,20,24H,4,12H2,1-3H3,(H2,25,26,28). The third kappa shape index (κ3) is 5.09. The van der Waals surface area contributed by atoms with Crippen molar-refractivity contribution in [2.75, 3.05) is 18.5 Å². The van der Waals surface area contributed by atoms with E-state index in [4.69, 9.17) is 4.74 Å². The number of amides is 2. The summed E-state index contributed by atoms with van der Waals surface area (Å²) in [7, 11) is 0. The average Bonchev–Trinajstić information content (AvgIpc) is 2.69. The van der Waals surface area contributed by atoms with Crippen molar-refractivity contribution in [2.45, 2.75) is 26.8 Å². The van der Waals surface area contributed by atoms with Gasteiger partial charge in [0.15, 0.2) is 0 Å². The van der Waals surface area contributed by atoms with E-state index in [9.17, 15) is 9.59 Å². The number of aryl methyl sites for hydroxylation is 2. The summed E-state index contributed by atoms with van der Waals surface area (Å²) in [5, 5.41) is 8.95. The van der Waals surface area contributed by atoms with Gasteiger partial charge < -0.3 is 20.7 Å². The summed E-state index contributed by atoms with van der Waals surface area (Å²) in [4.78, 5) is 25.2. The van der Waals surface area contributed by atoms with Crippen LogP contribution < -0.4 is 16.0 Å². The number of nitrogens with one attached hydrogen (secondary N) is 3. The molecule has 7 heteroatoms. The van der Waals surface area contributed by atoms with Gasteiger partial charge in [-0.2, -0.15) is 0 Å². The maximum atomic E-state index is 12.9. The number of halogens is 1. The molecule has 3 rings (SSSR count). The molecular weight excluding hydrogens is 481 g/mol. The van der Waals surface area contributed by atoms with Crippen LogP contribution in [0.1, 0.15) is 29.7 Å². The Hall–Kier alpha value is -2.55. The van der Waals surface area contributed by atoms with Gasteiger partial charge in [-0.25, -0.2) is 9.59 Å². The molecule has 1 aliphatic rings. The molecule has 0 saturated heterocycles. The Kier molecular flexibility index (Phi) is 6.79. The predicted molar refractivity (Wildman–Crippen MR) is 122 cm³/mol. The van der Waals surface area contributed by atoms with Gasteiger partial charge in [-0.1, -0.05) is 23.8 Å². The second kappa shape index (κ2) is 9.30. The van der Waals surface area contributed by atoms with Crippen LogP contribution in [0.3, 0.4) is 0 Å². The lowest BCUT2D eigenvalue weighted by atomic mass is 9.91. The van der Waals surface area contributed by atoms with Gasteiger partial charge in [-0.05, 0) is 78.8 Å². The molecule has 29 heavy (non-hydrogen) atoms. The zero-order chi connectivity index (χ0) is 21.0. The largest absolute Gasteiger partial charge is 0.463 e. The second-order valence-electron chi connectivity index (χ2n) is 6.86. The van der Waals surface area contributed by atoms with Crippen molar-refractivity contribution < 1.29 is 14.3 Å². The van der Waals surface area contributed by atoms with E-state index in [1.807, 2.05) is 56.3 Å². The topological polar surface area (TPSA) is 79.5 Å². The fourth-order valence-corrected chi connectivity index (χ4v) is 3.63. The minimum atomic E-state index is -0.573. The van der Waals surface area contributed by atoms with Crippen LogP contribution in [0.25, 0.3) is 0 Å². The third-order valence-corrected chi connectivity index (χ3v) is 5.43. The molecule has 1 unspecified atom stereocenters. The first-order valence-electron chi connectivity index (χ1n) is 9.43. The van der Waals surface area contributed by atoms with Gasteiger partial charge in [-0.15, -0.1) is 0 Å². The molecule has 0 saturated carbocycles. The van der Waals surface area contributed by atoms with Crippen molar-refractivity contribution >= 4 is 40.3 Å². The molecule has 2 aromatic carbocycles. The van der Waals surface area contributed by atoms with E-state index in [2.05, 4.69) is 38.5 Å². The van der Waals surface area contributed by atoms with Gasteiger partial charge in [0.1, 0.15) is 0 Å². The minimum Gasteiger partial charge on any atom is -0.463 e. The summed E-state index contributed by atoms with van der Waals surface area (Å²) in [5.74, 6) is -0.440. The van der Waals surface area contributed by atoms with E-state index in [0.717, 1.165) is 25.9 Å². The molecule has 0 radical (unpaired) electrons. The predicted octanol–water partition coefficient (Wildman–Crippen LogP) is 4.19. The first-order chi connectivity index (χ1) is 13.9. The maximum absolute atomic E-state index is 12.9. The number of hydrogen-bond donors (Lipinski definition) is 3. The molecule has 1 atom stereocenters. The third-order valence-electron chi connectivity index (χ3n) is 4.71. The Morgan fingerprint density at radius 3 is 2.59 bits per heavy atom. The number of hydrogen-bond acceptors (Lipinski definition) is 4. The maximum Gasteiger partial charge on any atom is 0.338 e. The van der Waals surface area contributed by atoms with Crippen molar-refractivity contribution in [1.29, 1.82) is 0 Å². The molecule has 2 aromatic rings. The minimum absolute atomic E-state index is 0.258. The Morgan fingerprint density at radius 1 is 1.17 bits per heavy atom. The van der Waals surface area contributed by atoms with Crippen molar-refractivity contribution in [3.8, 4) is 0 Å². The Labute approximate surface area is 184 Å². The van der Waals surface area contributed by atoms with Crippen molar-refractivity contribution in [3.63, 3.8) is 0 Å².